The molecule has 0 unspecified atom stereocenters. The fourth-order valence-electron chi connectivity index (χ4n) is 5.58. The van der Waals surface area contributed by atoms with Gasteiger partial charge >= 0.3 is 252 Å². The van der Waals surface area contributed by atoms with Crippen LogP contribution in [0.2, 0.25) is 4.89 Å². The van der Waals surface area contributed by atoms with E-state index in [2.05, 4.69) is 144 Å². The van der Waals surface area contributed by atoms with Gasteiger partial charge in [0, 0.05) is 0 Å². The van der Waals surface area contributed by atoms with E-state index in [1.807, 2.05) is 0 Å². The van der Waals surface area contributed by atoms with Crippen LogP contribution in [0.25, 0.3) is 11.8 Å². The molecule has 40 heavy (non-hydrogen) atoms. The molecule has 0 bridgehead atoms. The molecule has 1 heterocycles. The number of para-hydroxylation sites is 1. The van der Waals surface area contributed by atoms with Crippen LogP contribution in [0.1, 0.15) is 89.9 Å². The summed E-state index contributed by atoms with van der Waals surface area (Å²) in [5, 5.41) is 0. The molecule has 0 aliphatic heterocycles. The normalized spacial score (nSPS) is 13.6. The minimum absolute atomic E-state index is 0.407. The Bertz CT molecular complexity index is 1550. The Morgan fingerprint density at radius 1 is 0.775 bits per heavy atom. The fraction of sp³-hybridized carbons (Fsp3) is 0.361. The second kappa shape index (κ2) is 13.0. The van der Waals surface area contributed by atoms with Crippen molar-refractivity contribution in [3.8, 4) is 5.69 Å². The number of imidazole rings is 1. The molecule has 0 amide bonds. The molecule has 0 saturated heterocycles. The van der Waals surface area contributed by atoms with Crippen LogP contribution in [0.15, 0.2) is 66.7 Å². The molecule has 0 aliphatic carbocycles. The van der Waals surface area contributed by atoms with Gasteiger partial charge in [-0.25, -0.2) is 0 Å². The summed E-state index contributed by atoms with van der Waals surface area (Å²) in [6.45, 7) is 21.3. The summed E-state index contributed by atoms with van der Waals surface area (Å²) in [6.07, 6.45) is 4.49. The van der Waals surface area contributed by atoms with Crippen molar-refractivity contribution in [2.45, 2.75) is 85.6 Å². The zero-order chi connectivity index (χ0) is 29.1. The molecule has 218 valence electrons. The zero-order valence-corrected chi connectivity index (χ0v) is 27.9. The Morgan fingerprint density at radius 2 is 1.35 bits per heavy atom. The molecule has 0 N–H and O–H groups in total. The third-order valence-electron chi connectivity index (χ3n) is 7.81. The van der Waals surface area contributed by atoms with Crippen LogP contribution < -0.4 is 0 Å². The second-order valence-corrected chi connectivity index (χ2v) is 15.8. The summed E-state index contributed by atoms with van der Waals surface area (Å²) in [5.41, 5.74) is 13.3. The van der Waals surface area contributed by atoms with Crippen LogP contribution in [0.4, 0.5) is 0 Å². The summed E-state index contributed by atoms with van der Waals surface area (Å²) in [6, 6.07) is 22.0. The number of rotatable bonds is 8. The Hall–Kier alpha value is -2.44. The van der Waals surface area contributed by atoms with E-state index in [9.17, 15) is 0 Å². The van der Waals surface area contributed by atoms with Gasteiger partial charge in [-0.1, -0.05) is 0 Å². The average molecular weight is 648 g/mol. The summed E-state index contributed by atoms with van der Waals surface area (Å²) < 4.78 is 6.35. The molecular formula is C36H45ClN2Pd-2. The van der Waals surface area contributed by atoms with Gasteiger partial charge in [0.25, 0.3) is 0 Å². The monoisotopic (exact) mass is 646 g/mol. The Kier molecular flexibility index (Phi) is 9.94. The first-order chi connectivity index (χ1) is 19.0. The van der Waals surface area contributed by atoms with Crippen molar-refractivity contribution in [2.24, 2.45) is 0 Å². The van der Waals surface area contributed by atoms with E-state index in [4.69, 9.17) is 9.53 Å². The van der Waals surface area contributed by atoms with Crippen molar-refractivity contribution in [2.75, 3.05) is 0 Å². The maximum atomic E-state index is 7.58. The Balaban J connectivity index is 2.03. The van der Waals surface area contributed by atoms with E-state index in [0.717, 1.165) is 11.4 Å². The number of aryl methyl sites for hydroxylation is 3. The maximum absolute atomic E-state index is 7.58. The molecule has 0 fully saturated rings. The van der Waals surface area contributed by atoms with Gasteiger partial charge in [-0.3, -0.25) is 0 Å². The summed E-state index contributed by atoms with van der Waals surface area (Å²) in [5.74, 6) is 0.814. The van der Waals surface area contributed by atoms with E-state index in [1.54, 1.807) is 0 Å². The second-order valence-electron chi connectivity index (χ2n) is 11.5. The van der Waals surface area contributed by atoms with Crippen LogP contribution in [0.5, 0.6) is 0 Å². The first kappa shape index (κ1) is 30.5. The number of hydrogen-bond donors (Lipinski definition) is 0. The van der Waals surface area contributed by atoms with Crippen molar-refractivity contribution in [1.29, 1.82) is 0 Å². The standard InChI is InChI=1S/C27H36N2.C9H9.ClH.Pd/c1-17(2)24-11-10-12-25(18(3)4)27(24)29-16-28(22(8)23(29)9)15-26-20(6)13-19(5)14-21(26)7;1-2-6-9-7-4-3-5-8-9;;/h10-14,17-18H,15H2,1-9H3;2-8H,1H2;1H;/q;;;-1/p-1. The molecule has 0 aliphatic rings. The van der Waals surface area contributed by atoms with E-state index < -0.39 is 15.3 Å². The van der Waals surface area contributed by atoms with Gasteiger partial charge in [0.1, 0.15) is 0 Å². The number of allylic oxidation sites excluding steroid dienone is 1. The van der Waals surface area contributed by atoms with Crippen LogP contribution in [0, 0.1) is 38.5 Å². The number of benzene rings is 3. The molecule has 1 aromatic heterocycles. The molecule has 0 saturated carbocycles. The summed E-state index contributed by atoms with van der Waals surface area (Å²) in [4.78, 5) is 0.859. The topological polar surface area (TPSA) is 9.86 Å². The number of aromatic nitrogens is 2. The van der Waals surface area contributed by atoms with Crippen LogP contribution in [0.3, 0.4) is 0 Å². The predicted molar refractivity (Wildman–Crippen MR) is 171 cm³/mol. The summed E-state index contributed by atoms with van der Waals surface area (Å²) >= 11 is -1.65. The first-order valence-electron chi connectivity index (χ1n) is 14.3. The molecule has 4 rings (SSSR count). The van der Waals surface area contributed by atoms with Gasteiger partial charge in [-0.05, 0) is 0 Å². The van der Waals surface area contributed by atoms with Gasteiger partial charge < -0.3 is 0 Å². The van der Waals surface area contributed by atoms with Crippen molar-refractivity contribution < 1.29 is 15.3 Å². The van der Waals surface area contributed by atoms with Crippen LogP contribution >= 0.6 is 9.53 Å². The first-order valence-corrected chi connectivity index (χ1v) is 18.1. The molecule has 0 spiro atoms. The quantitative estimate of drug-likeness (QED) is 0.169. The molecule has 4 aromatic rings. The van der Waals surface area contributed by atoms with Crippen molar-refractivity contribution >= 4 is 15.6 Å². The number of nitrogens with zero attached hydrogens (tertiary/aromatic N) is 2. The van der Waals surface area contributed by atoms with E-state index >= 15 is 0 Å². The third kappa shape index (κ3) is 6.39. The third-order valence-corrected chi connectivity index (χ3v) is 11.5. The van der Waals surface area contributed by atoms with Crippen LogP contribution in [-0.2, 0) is 21.8 Å². The van der Waals surface area contributed by atoms with Crippen molar-refractivity contribution in [1.82, 2.24) is 9.13 Å². The van der Waals surface area contributed by atoms with Gasteiger partial charge in [0.05, 0.1) is 0 Å². The number of halogens is 1. The molecular weight excluding hydrogens is 602 g/mol. The average Bonchev–Trinajstić information content (AvgIpc) is 3.15. The molecule has 2 nitrogen and oxygen atoms in total. The molecule has 3 aromatic carbocycles. The molecule has 0 atom stereocenters. The van der Waals surface area contributed by atoms with Crippen molar-refractivity contribution in [3.05, 3.63) is 121 Å². The van der Waals surface area contributed by atoms with Gasteiger partial charge in [-0.2, -0.15) is 0 Å². The number of hydrogen-bond acceptors (Lipinski definition) is 0. The van der Waals surface area contributed by atoms with E-state index in [0.29, 0.717) is 11.8 Å². The van der Waals surface area contributed by atoms with Crippen LogP contribution in [-0.4, -0.2) is 9.13 Å². The Morgan fingerprint density at radius 3 is 1.90 bits per heavy atom. The van der Waals surface area contributed by atoms with Gasteiger partial charge in [0.2, 0.25) is 0 Å². The fourth-order valence-corrected chi connectivity index (χ4v) is 9.05. The molecule has 4 heteroatoms. The predicted octanol–water partition coefficient (Wildman–Crippen LogP) is 10.6. The van der Waals surface area contributed by atoms with Gasteiger partial charge in [0.15, 0.2) is 0 Å². The minimum atomic E-state index is -1.65. The van der Waals surface area contributed by atoms with E-state index in [1.165, 1.54) is 59.9 Å². The zero-order valence-electron chi connectivity index (χ0n) is 25.6. The summed E-state index contributed by atoms with van der Waals surface area (Å²) in [7, 11) is 7.58. The van der Waals surface area contributed by atoms with Crippen molar-refractivity contribution in [3.63, 3.8) is 0 Å². The van der Waals surface area contributed by atoms with E-state index in [-0.39, 0.29) is 0 Å². The van der Waals surface area contributed by atoms with Gasteiger partial charge in [-0.15, -0.1) is 0 Å². The SMILES string of the molecule is Cc1cc(C)c(Cn2c(C)c(C)n(-c3c(C(C)C)cccc3C(C)C)[c]2=[Pd-2]([Cl])[CH2]C=Cc2ccccc2)c(C)c1. The molecule has 0 radical (unpaired) electrons. The Labute approximate surface area is 251 Å².